The number of carbonyl (C=O) groups excluding carboxylic acids is 6. The number of carbonyl (C=O) groups is 6. The van der Waals surface area contributed by atoms with Crippen molar-refractivity contribution in [2.24, 2.45) is 29.4 Å². The van der Waals surface area contributed by atoms with Crippen molar-refractivity contribution in [1.82, 2.24) is 19.3 Å². The van der Waals surface area contributed by atoms with E-state index in [1.165, 1.54) is 35.0 Å². The molecule has 0 spiro atoms. The number of anilines is 3. The molecule has 0 unspecified atom stereocenters. The summed E-state index contributed by atoms with van der Waals surface area (Å²) in [5.41, 5.74) is 32.8. The Morgan fingerprint density at radius 1 is 0.625 bits per heavy atom. The van der Waals surface area contributed by atoms with Gasteiger partial charge < -0.3 is 66.5 Å². The molecule has 25 nitrogen and oxygen atoms in total. The van der Waals surface area contributed by atoms with E-state index in [4.69, 9.17) is 35.8 Å². The van der Waals surface area contributed by atoms with Gasteiger partial charge in [-0.25, -0.2) is 9.59 Å². The molecule has 3 aliphatic carbocycles. The molecule has 0 saturated carbocycles. The molecule has 1 aliphatic heterocycles. The van der Waals surface area contributed by atoms with E-state index in [0.717, 1.165) is 134 Å². The van der Waals surface area contributed by atoms with E-state index in [1.54, 1.807) is 19.0 Å². The maximum atomic E-state index is 14.6. The minimum atomic E-state index is -0.943. The van der Waals surface area contributed by atoms with Gasteiger partial charge in [0.1, 0.15) is 11.8 Å². The van der Waals surface area contributed by atoms with Crippen molar-refractivity contribution in [1.29, 1.82) is 0 Å². The average molecular weight is 1320 g/mol. The van der Waals surface area contributed by atoms with Gasteiger partial charge in [0.25, 0.3) is 5.91 Å². The van der Waals surface area contributed by atoms with Crippen LogP contribution in [0.5, 0.6) is 5.75 Å². The van der Waals surface area contributed by atoms with Crippen molar-refractivity contribution < 1.29 is 47.4 Å². The first-order valence-electron chi connectivity index (χ1n) is 34.2. The second-order valence-corrected chi connectivity index (χ2v) is 25.4. The lowest BCUT2D eigenvalue weighted by atomic mass is 9.51. The van der Waals surface area contributed by atoms with Crippen molar-refractivity contribution >= 4 is 63.4 Å². The number of hydrogen-bond acceptors (Lipinski definition) is 16. The SMILES string of the molecule is CN(CCOCCOCCN(C)C(=O)[C@@H]1C[C@H](N=[N+]=[N-])CN1C(=O)COc1ccc2c(=O)oc(=O)n(C)c2c1)C(=O)CCC12c3ccc(NC(=O)CCCCCCCN)cc3C(c3ccc(NC(=O)CCCCCCCN)cc31)c1ccc(NC(=O)CCCCCCCN)cc12. The molecule has 1 saturated heterocycles. The van der Waals surface area contributed by atoms with Crippen LogP contribution in [-0.4, -0.2) is 153 Å². The van der Waals surface area contributed by atoms with Crippen LogP contribution in [-0.2, 0) is 50.7 Å². The van der Waals surface area contributed by atoms with Crippen molar-refractivity contribution in [3.63, 3.8) is 0 Å². The number of ether oxygens (including phenoxy) is 3. The molecular formula is C71H97N13O12. The Morgan fingerprint density at radius 2 is 1.14 bits per heavy atom. The Labute approximate surface area is 561 Å². The summed E-state index contributed by atoms with van der Waals surface area (Å²) in [5, 5.41) is 13.5. The molecular weight excluding hydrogens is 1230 g/mol. The Kier molecular flexibility index (Phi) is 28.0. The number of aryl methyl sites for hydroxylation is 1. The molecule has 2 heterocycles. The summed E-state index contributed by atoms with van der Waals surface area (Å²) in [6.45, 7) is 2.68. The maximum Gasteiger partial charge on any atom is 0.422 e. The molecule has 4 aliphatic rings. The quantitative estimate of drug-likeness (QED) is 0.00925. The predicted octanol–water partition coefficient (Wildman–Crippen LogP) is 8.44. The molecule has 96 heavy (non-hydrogen) atoms. The van der Waals surface area contributed by atoms with Gasteiger partial charge in [0, 0.05) is 106 Å². The normalized spacial score (nSPS) is 16.5. The first-order chi connectivity index (χ1) is 46.5. The van der Waals surface area contributed by atoms with Gasteiger partial charge in [-0.2, -0.15) is 0 Å². The number of likely N-dealkylation sites (tertiary alicyclic amines) is 1. The zero-order valence-corrected chi connectivity index (χ0v) is 56.0. The van der Waals surface area contributed by atoms with E-state index < -0.39 is 41.4 Å². The van der Waals surface area contributed by atoms with Gasteiger partial charge in [-0.1, -0.05) is 81.1 Å². The molecule has 4 aromatic carbocycles. The number of benzene rings is 4. The Morgan fingerprint density at radius 3 is 1.68 bits per heavy atom. The van der Waals surface area contributed by atoms with Crippen LogP contribution < -0.4 is 49.3 Å². The first kappa shape index (κ1) is 73.4. The summed E-state index contributed by atoms with van der Waals surface area (Å²) in [7, 11) is 4.77. The molecule has 6 amide bonds. The van der Waals surface area contributed by atoms with Gasteiger partial charge in [0.05, 0.1) is 43.4 Å². The Bertz CT molecular complexity index is 3600. The van der Waals surface area contributed by atoms with Crippen LogP contribution in [0.15, 0.2) is 91.9 Å². The van der Waals surface area contributed by atoms with E-state index in [9.17, 15) is 43.9 Å². The highest BCUT2D eigenvalue weighted by Crippen LogP contribution is 2.62. The van der Waals surface area contributed by atoms with Crippen molar-refractivity contribution in [2.75, 3.05) is 102 Å². The molecule has 1 fully saturated rings. The smallest absolute Gasteiger partial charge is 0.422 e. The fourth-order valence-electron chi connectivity index (χ4n) is 13.4. The third kappa shape index (κ3) is 19.2. The lowest BCUT2D eigenvalue weighted by molar-refractivity contribution is -0.144. The molecule has 2 bridgehead atoms. The van der Waals surface area contributed by atoms with E-state index in [2.05, 4.69) is 62.4 Å². The highest BCUT2D eigenvalue weighted by Gasteiger charge is 2.52. The predicted molar refractivity (Wildman–Crippen MR) is 369 cm³/mol. The van der Waals surface area contributed by atoms with Crippen molar-refractivity contribution in [2.45, 2.75) is 158 Å². The number of fused-ring (bicyclic) bond motifs is 1. The van der Waals surface area contributed by atoms with Crippen molar-refractivity contribution in [3.05, 3.63) is 138 Å². The topological polar surface area (TPSA) is 355 Å². The number of rotatable bonds is 41. The fraction of sp³-hybridized carbons (Fsp3) is 0.549. The average Bonchev–Trinajstić information content (AvgIpc) is 0.697. The summed E-state index contributed by atoms with van der Waals surface area (Å²) >= 11 is 0. The highest BCUT2D eigenvalue weighted by molar-refractivity contribution is 5.94. The summed E-state index contributed by atoms with van der Waals surface area (Å²) in [6, 6.07) is 21.0. The zero-order valence-electron chi connectivity index (χ0n) is 56.0. The molecule has 2 atom stereocenters. The molecule has 518 valence electrons. The molecule has 9 rings (SSSR count). The monoisotopic (exact) mass is 1320 g/mol. The highest BCUT2D eigenvalue weighted by atomic mass is 16.5. The van der Waals surface area contributed by atoms with Crippen LogP contribution in [0.3, 0.4) is 0 Å². The number of hydrogen-bond donors (Lipinski definition) is 6. The summed E-state index contributed by atoms with van der Waals surface area (Å²) < 4.78 is 23.4. The second kappa shape index (κ2) is 36.6. The number of aromatic nitrogens is 1. The van der Waals surface area contributed by atoms with E-state index in [-0.39, 0.29) is 111 Å². The van der Waals surface area contributed by atoms with Crippen LogP contribution in [0.25, 0.3) is 21.3 Å². The number of nitrogens with one attached hydrogen (secondary N) is 3. The maximum absolute atomic E-state index is 14.6. The van der Waals surface area contributed by atoms with E-state index in [1.807, 2.05) is 18.2 Å². The molecule has 5 aromatic rings. The van der Waals surface area contributed by atoms with Gasteiger partial charge in [0.15, 0.2) is 6.61 Å². The summed E-state index contributed by atoms with van der Waals surface area (Å²) in [6.07, 6.45) is 15.8. The van der Waals surface area contributed by atoms with Gasteiger partial charge in [-0.15, -0.1) is 0 Å². The lowest BCUT2D eigenvalue weighted by Crippen LogP contribution is -2.48. The third-order valence-corrected chi connectivity index (χ3v) is 18.6. The molecule has 0 radical (unpaired) electrons. The lowest BCUT2D eigenvalue weighted by Gasteiger charge is -2.51. The third-order valence-electron chi connectivity index (χ3n) is 18.6. The minimum Gasteiger partial charge on any atom is -0.484 e. The van der Waals surface area contributed by atoms with Crippen LogP contribution in [0.1, 0.15) is 174 Å². The number of azide groups is 1. The Balaban J connectivity index is 0.914. The molecule has 9 N–H and O–H groups in total. The second-order valence-electron chi connectivity index (χ2n) is 25.4. The number of amides is 6. The van der Waals surface area contributed by atoms with Gasteiger partial charge >= 0.3 is 11.4 Å². The van der Waals surface area contributed by atoms with Crippen LogP contribution in [0.2, 0.25) is 0 Å². The van der Waals surface area contributed by atoms with E-state index >= 15 is 0 Å². The summed E-state index contributed by atoms with van der Waals surface area (Å²) in [5.74, 6) is -2.18. The minimum absolute atomic E-state index is 0.00146. The number of unbranched alkanes of at least 4 members (excludes halogenated alkanes) is 12. The number of likely N-dealkylation sites (N-methyl/N-ethyl adjacent to an activating group) is 2. The number of nitrogens with zero attached hydrogens (tertiary/aromatic N) is 7. The van der Waals surface area contributed by atoms with Gasteiger partial charge in [-0.05, 0) is 158 Å². The van der Waals surface area contributed by atoms with Gasteiger partial charge in [-0.3, -0.25) is 33.3 Å². The van der Waals surface area contributed by atoms with Crippen LogP contribution in [0.4, 0.5) is 17.1 Å². The fourth-order valence-corrected chi connectivity index (χ4v) is 13.4. The Hall–Kier alpha value is -8.45. The number of nitrogens with two attached hydrogens (primary N) is 3. The molecule has 1 aromatic heterocycles. The standard InChI is InChI=1S/C71H97N13O12/c1-81(35-37-93-39-40-94-38-36-82(2)68(90)61-44-51(79-80-75)46-84(61)66(89)47-95-52-25-28-55-60(45-52)83(3)70(92)96-69(55)91)65(88)30-31-71-57-29-24-48(76-62(85)19-13-7-4-10-16-32-72)41-56(57)67(53-26-22-49(42-58(53)71)77-63(86)20-14-8-5-11-17-33-73)54-27-23-50(43-59(54)71)78-64(87)21-15-9-6-12-18-34-74/h22-29,41-43,45,51,61,67H,4-21,30-40,44,46-47,72-74H2,1-3H3,(H,76,85)(H,77,86)(H,78,87)/t51-,61-,67?,71?/m0/s1. The van der Waals surface area contributed by atoms with Crippen LogP contribution >= 0.6 is 0 Å². The van der Waals surface area contributed by atoms with Gasteiger partial charge in [0.2, 0.25) is 29.5 Å². The van der Waals surface area contributed by atoms with Crippen LogP contribution in [0, 0.1) is 0 Å². The largest absolute Gasteiger partial charge is 0.484 e. The zero-order chi connectivity index (χ0) is 68.6. The first-order valence-corrected chi connectivity index (χ1v) is 34.2. The summed E-state index contributed by atoms with van der Waals surface area (Å²) in [4.78, 5) is 114. The van der Waals surface area contributed by atoms with E-state index in [0.29, 0.717) is 62.4 Å². The molecule has 25 heteroatoms. The van der Waals surface area contributed by atoms with Crippen molar-refractivity contribution in [3.8, 4) is 5.75 Å².